The highest BCUT2D eigenvalue weighted by Crippen LogP contribution is 2.32. The van der Waals surface area contributed by atoms with Gasteiger partial charge in [-0.05, 0) is 54.8 Å². The molecule has 0 saturated heterocycles. The van der Waals surface area contributed by atoms with Crippen LogP contribution in [0.25, 0.3) is 0 Å². The molecule has 0 heterocycles. The van der Waals surface area contributed by atoms with Crippen LogP contribution in [0.1, 0.15) is 26.3 Å². The van der Waals surface area contributed by atoms with Crippen LogP contribution >= 0.6 is 0 Å². The van der Waals surface area contributed by atoms with Crippen LogP contribution in [-0.2, 0) is 26.2 Å². The van der Waals surface area contributed by atoms with Crippen molar-refractivity contribution in [1.29, 1.82) is 0 Å². The normalized spacial score (nSPS) is 11.9. The predicted molar refractivity (Wildman–Crippen MR) is 155 cm³/mol. The van der Waals surface area contributed by atoms with Crippen LogP contribution in [0.3, 0.4) is 0 Å². The number of ether oxygens (including phenoxy) is 2. The minimum atomic E-state index is -4.18. The molecular formula is C30H37N3O6S. The standard InChI is InChI=1S/C30H37N3O6S/c1-22(2)19-31-30(35)23(3)32(20-24-15-17-25(38-4)18-16-24)29(34)21-33(27-13-9-10-14-28(27)39-5)40(36,37)26-11-7-6-8-12-26/h6-18,22-23H,19-21H2,1-5H3,(H,31,35)/t23-/m1/s1. The quantitative estimate of drug-likeness (QED) is 0.334. The minimum absolute atomic E-state index is 0.0261. The number of nitrogens with one attached hydrogen (secondary N) is 1. The highest BCUT2D eigenvalue weighted by molar-refractivity contribution is 7.92. The predicted octanol–water partition coefficient (Wildman–Crippen LogP) is 4.09. The van der Waals surface area contributed by atoms with Gasteiger partial charge in [0.05, 0.1) is 24.8 Å². The number of hydrogen-bond donors (Lipinski definition) is 1. The van der Waals surface area contributed by atoms with Gasteiger partial charge in [-0.1, -0.05) is 56.3 Å². The topological polar surface area (TPSA) is 105 Å². The molecule has 1 N–H and O–H groups in total. The molecule has 3 aromatic carbocycles. The summed E-state index contributed by atoms with van der Waals surface area (Å²) < 4.78 is 39.5. The fourth-order valence-electron chi connectivity index (χ4n) is 4.03. The van der Waals surface area contributed by atoms with Crippen molar-refractivity contribution < 1.29 is 27.5 Å². The molecule has 0 bridgehead atoms. The Bertz CT molecular complexity index is 1380. The summed E-state index contributed by atoms with van der Waals surface area (Å²) in [6.45, 7) is 5.58. The number of rotatable bonds is 13. The van der Waals surface area contributed by atoms with Gasteiger partial charge in [0.1, 0.15) is 24.1 Å². The summed E-state index contributed by atoms with van der Waals surface area (Å²) in [6.07, 6.45) is 0. The molecule has 0 unspecified atom stereocenters. The Morgan fingerprint density at radius 1 is 0.850 bits per heavy atom. The Morgan fingerprint density at radius 2 is 1.48 bits per heavy atom. The Labute approximate surface area is 236 Å². The van der Waals surface area contributed by atoms with E-state index in [4.69, 9.17) is 9.47 Å². The number of nitrogens with zero attached hydrogens (tertiary/aromatic N) is 2. The molecule has 0 aliphatic carbocycles. The van der Waals surface area contributed by atoms with Crippen molar-refractivity contribution >= 4 is 27.5 Å². The fraction of sp³-hybridized carbons (Fsp3) is 0.333. The molecule has 2 amide bonds. The first-order valence-electron chi connectivity index (χ1n) is 13.0. The number of methoxy groups -OCH3 is 2. The molecule has 0 radical (unpaired) electrons. The number of benzene rings is 3. The van der Waals surface area contributed by atoms with E-state index in [1.54, 1.807) is 80.8 Å². The minimum Gasteiger partial charge on any atom is -0.497 e. The first-order valence-corrected chi connectivity index (χ1v) is 14.4. The zero-order valence-electron chi connectivity index (χ0n) is 23.5. The third-order valence-corrected chi connectivity index (χ3v) is 8.10. The van der Waals surface area contributed by atoms with E-state index in [9.17, 15) is 18.0 Å². The second-order valence-electron chi connectivity index (χ2n) is 9.68. The van der Waals surface area contributed by atoms with Crippen LogP contribution in [0, 0.1) is 5.92 Å². The lowest BCUT2D eigenvalue weighted by Crippen LogP contribution is -2.51. The molecule has 1 atom stereocenters. The molecule has 40 heavy (non-hydrogen) atoms. The van der Waals surface area contributed by atoms with Gasteiger partial charge in [0, 0.05) is 13.1 Å². The van der Waals surface area contributed by atoms with E-state index < -0.39 is 28.5 Å². The van der Waals surface area contributed by atoms with Crippen LogP contribution < -0.4 is 19.1 Å². The molecule has 0 aromatic heterocycles. The molecule has 0 spiro atoms. The summed E-state index contributed by atoms with van der Waals surface area (Å²) in [4.78, 5) is 28.5. The molecule has 9 nitrogen and oxygen atoms in total. The van der Waals surface area contributed by atoms with Crippen molar-refractivity contribution in [1.82, 2.24) is 10.2 Å². The highest BCUT2D eigenvalue weighted by atomic mass is 32.2. The second-order valence-corrected chi connectivity index (χ2v) is 11.5. The van der Waals surface area contributed by atoms with Gasteiger partial charge in [-0.2, -0.15) is 0 Å². The lowest BCUT2D eigenvalue weighted by atomic mass is 10.1. The number of carbonyl (C=O) groups excluding carboxylic acids is 2. The van der Waals surface area contributed by atoms with Gasteiger partial charge in [0.2, 0.25) is 11.8 Å². The molecular weight excluding hydrogens is 530 g/mol. The van der Waals surface area contributed by atoms with Crippen molar-refractivity contribution in [2.45, 2.75) is 38.3 Å². The Morgan fingerprint density at radius 3 is 2.08 bits per heavy atom. The lowest BCUT2D eigenvalue weighted by Gasteiger charge is -2.32. The maximum Gasteiger partial charge on any atom is 0.264 e. The van der Waals surface area contributed by atoms with Crippen LogP contribution in [0.2, 0.25) is 0 Å². The smallest absolute Gasteiger partial charge is 0.264 e. The Kier molecular flexibility index (Phi) is 10.6. The lowest BCUT2D eigenvalue weighted by molar-refractivity contribution is -0.139. The number of hydrogen-bond acceptors (Lipinski definition) is 6. The molecule has 10 heteroatoms. The van der Waals surface area contributed by atoms with E-state index in [1.165, 1.54) is 24.1 Å². The van der Waals surface area contributed by atoms with Gasteiger partial charge in [-0.3, -0.25) is 13.9 Å². The first-order chi connectivity index (χ1) is 19.1. The molecule has 0 aliphatic rings. The number of amides is 2. The van der Waals surface area contributed by atoms with Crippen molar-refractivity contribution in [3.63, 3.8) is 0 Å². The van der Waals surface area contributed by atoms with E-state index >= 15 is 0 Å². The van der Waals surface area contributed by atoms with Gasteiger partial charge in [-0.15, -0.1) is 0 Å². The maximum absolute atomic E-state index is 14.0. The second kappa shape index (κ2) is 13.8. The summed E-state index contributed by atoms with van der Waals surface area (Å²) in [5, 5.41) is 2.88. The summed E-state index contributed by atoms with van der Waals surface area (Å²) in [7, 11) is -1.18. The van der Waals surface area contributed by atoms with E-state index in [0.717, 1.165) is 9.87 Å². The largest absolute Gasteiger partial charge is 0.497 e. The van der Waals surface area contributed by atoms with Crippen molar-refractivity contribution in [3.05, 3.63) is 84.4 Å². The van der Waals surface area contributed by atoms with E-state index in [-0.39, 0.29) is 29.0 Å². The van der Waals surface area contributed by atoms with E-state index in [0.29, 0.717) is 18.0 Å². The van der Waals surface area contributed by atoms with Crippen LogP contribution in [-0.4, -0.2) is 58.5 Å². The zero-order chi connectivity index (χ0) is 29.3. The highest BCUT2D eigenvalue weighted by Gasteiger charge is 2.33. The Balaban J connectivity index is 2.03. The molecule has 0 saturated carbocycles. The first kappa shape index (κ1) is 30.5. The molecule has 214 valence electrons. The average Bonchev–Trinajstić information content (AvgIpc) is 2.97. The Hall–Kier alpha value is -4.05. The van der Waals surface area contributed by atoms with Gasteiger partial charge >= 0.3 is 0 Å². The van der Waals surface area contributed by atoms with Crippen molar-refractivity contribution in [2.24, 2.45) is 5.92 Å². The van der Waals surface area contributed by atoms with Gasteiger partial charge in [0.25, 0.3) is 10.0 Å². The monoisotopic (exact) mass is 567 g/mol. The number of anilines is 1. The van der Waals surface area contributed by atoms with Gasteiger partial charge < -0.3 is 19.7 Å². The van der Waals surface area contributed by atoms with Crippen LogP contribution in [0.5, 0.6) is 11.5 Å². The van der Waals surface area contributed by atoms with E-state index in [1.807, 2.05) is 13.8 Å². The summed E-state index contributed by atoms with van der Waals surface area (Å²) in [5.41, 5.74) is 0.968. The SMILES string of the molecule is COc1ccc(CN(C(=O)CN(c2ccccc2OC)S(=O)(=O)c2ccccc2)[C@H](C)C(=O)NCC(C)C)cc1. The van der Waals surface area contributed by atoms with Gasteiger partial charge in [-0.25, -0.2) is 8.42 Å². The number of carbonyl (C=O) groups is 2. The fourth-order valence-corrected chi connectivity index (χ4v) is 5.48. The van der Waals surface area contributed by atoms with Crippen molar-refractivity contribution in [3.8, 4) is 11.5 Å². The summed E-state index contributed by atoms with van der Waals surface area (Å²) in [5.74, 6) is 0.289. The third kappa shape index (κ3) is 7.53. The average molecular weight is 568 g/mol. The molecule has 3 aromatic rings. The molecule has 0 fully saturated rings. The molecule has 0 aliphatic heterocycles. The maximum atomic E-state index is 14.0. The van der Waals surface area contributed by atoms with Crippen LogP contribution in [0.15, 0.2) is 83.8 Å². The number of sulfonamides is 1. The number of para-hydroxylation sites is 2. The van der Waals surface area contributed by atoms with Crippen LogP contribution in [0.4, 0.5) is 5.69 Å². The summed E-state index contributed by atoms with van der Waals surface area (Å²) in [6, 6.07) is 20.8. The zero-order valence-corrected chi connectivity index (χ0v) is 24.4. The van der Waals surface area contributed by atoms with E-state index in [2.05, 4.69) is 5.32 Å². The summed E-state index contributed by atoms with van der Waals surface area (Å²) >= 11 is 0. The van der Waals surface area contributed by atoms with Gasteiger partial charge in [0.15, 0.2) is 0 Å². The third-order valence-electron chi connectivity index (χ3n) is 6.33. The van der Waals surface area contributed by atoms with Crippen molar-refractivity contribution in [2.75, 3.05) is 31.6 Å². The molecule has 3 rings (SSSR count).